The smallest absolute Gasteiger partial charge is 0.307 e. The van der Waals surface area contributed by atoms with Crippen LogP contribution >= 0.6 is 0 Å². The Bertz CT molecular complexity index is 1420. The number of fused-ring (bicyclic) bond motifs is 1. The molecule has 2 aromatic carbocycles. The van der Waals surface area contributed by atoms with Crippen molar-refractivity contribution in [1.29, 1.82) is 0 Å². The van der Waals surface area contributed by atoms with Gasteiger partial charge in [-0.2, -0.15) is 4.68 Å². The van der Waals surface area contributed by atoms with E-state index in [2.05, 4.69) is 16.9 Å². The van der Waals surface area contributed by atoms with Gasteiger partial charge in [-0.1, -0.05) is 23.4 Å². The van der Waals surface area contributed by atoms with E-state index in [9.17, 15) is 19.5 Å². The summed E-state index contributed by atoms with van der Waals surface area (Å²) in [6, 6.07) is 12.2. The van der Waals surface area contributed by atoms with Gasteiger partial charge in [0.25, 0.3) is 5.56 Å². The number of allylic oxidation sites excluding steroid dienone is 1. The van der Waals surface area contributed by atoms with Crippen molar-refractivity contribution in [2.24, 2.45) is 23.7 Å². The Morgan fingerprint density at radius 2 is 1.79 bits per heavy atom. The molecule has 3 unspecified atom stereocenters. The fourth-order valence-corrected chi connectivity index (χ4v) is 5.57. The summed E-state index contributed by atoms with van der Waals surface area (Å²) in [4.78, 5) is 38.9. The lowest BCUT2D eigenvalue weighted by Crippen LogP contribution is -2.33. The SMILES string of the molecule is C=C(C1CCC(C(=O)c2ccc(OCC3CCOCC3)cc2)C1C(=O)O)n1nnc2ccc(C)cc2c1=O. The van der Waals surface area contributed by atoms with Crippen LogP contribution in [0.2, 0.25) is 0 Å². The molecule has 2 fully saturated rings. The largest absolute Gasteiger partial charge is 0.493 e. The average molecular weight is 518 g/mol. The predicted octanol–water partition coefficient (Wildman–Crippen LogP) is 3.99. The van der Waals surface area contributed by atoms with Crippen LogP contribution < -0.4 is 10.3 Å². The van der Waals surface area contributed by atoms with E-state index < -0.39 is 29.3 Å². The number of aliphatic carboxylic acids is 1. The van der Waals surface area contributed by atoms with E-state index in [0.29, 0.717) is 47.6 Å². The number of carbonyl (C=O) groups is 2. The first-order chi connectivity index (χ1) is 18.3. The molecule has 1 aromatic heterocycles. The third-order valence-corrected chi connectivity index (χ3v) is 7.76. The van der Waals surface area contributed by atoms with Crippen LogP contribution in [0.3, 0.4) is 0 Å². The van der Waals surface area contributed by atoms with Crippen molar-refractivity contribution in [3.05, 3.63) is 70.5 Å². The predicted molar refractivity (Wildman–Crippen MR) is 141 cm³/mol. The van der Waals surface area contributed by atoms with Gasteiger partial charge in [-0.3, -0.25) is 14.4 Å². The number of carboxylic acid groups (broad SMARTS) is 1. The molecular formula is C29H31N3O6. The first-order valence-electron chi connectivity index (χ1n) is 13.0. The molecule has 3 atom stereocenters. The van der Waals surface area contributed by atoms with Gasteiger partial charge < -0.3 is 14.6 Å². The minimum atomic E-state index is -1.10. The van der Waals surface area contributed by atoms with Gasteiger partial charge in [0.05, 0.1) is 17.9 Å². The lowest BCUT2D eigenvalue weighted by Gasteiger charge is -2.23. The third-order valence-electron chi connectivity index (χ3n) is 7.76. The van der Waals surface area contributed by atoms with Crippen LogP contribution in [0.1, 0.15) is 41.6 Å². The Morgan fingerprint density at radius 1 is 1.08 bits per heavy atom. The van der Waals surface area contributed by atoms with Crippen molar-refractivity contribution in [3.8, 4) is 5.75 Å². The van der Waals surface area contributed by atoms with Gasteiger partial charge in [0.1, 0.15) is 11.3 Å². The second-order valence-corrected chi connectivity index (χ2v) is 10.2. The lowest BCUT2D eigenvalue weighted by atomic mass is 9.83. The highest BCUT2D eigenvalue weighted by atomic mass is 16.5. The summed E-state index contributed by atoms with van der Waals surface area (Å²) in [5, 5.41) is 18.6. The van der Waals surface area contributed by atoms with Crippen molar-refractivity contribution in [2.75, 3.05) is 19.8 Å². The first-order valence-corrected chi connectivity index (χ1v) is 13.0. The van der Waals surface area contributed by atoms with Crippen LogP contribution in [0.5, 0.6) is 5.75 Å². The standard InChI is InChI=1S/C29H31N3O6/c1-17-3-10-25-24(15-17)28(34)32(31-30-25)18(2)22-8-9-23(26(22)29(35)36)27(33)20-4-6-21(7-5-20)38-16-19-11-13-37-14-12-19/h3-7,10,15,19,22-23,26H,2,8-9,11-14,16H2,1H3,(H,35,36). The highest BCUT2D eigenvalue weighted by Crippen LogP contribution is 2.43. The van der Waals surface area contributed by atoms with Gasteiger partial charge in [-0.05, 0) is 74.9 Å². The number of ether oxygens (including phenoxy) is 2. The maximum Gasteiger partial charge on any atom is 0.307 e. The number of rotatable bonds is 8. The number of hydrogen-bond donors (Lipinski definition) is 1. The van der Waals surface area contributed by atoms with Crippen LogP contribution in [0.25, 0.3) is 16.6 Å². The van der Waals surface area contributed by atoms with Gasteiger partial charge in [-0.15, -0.1) is 5.10 Å². The van der Waals surface area contributed by atoms with E-state index in [1.54, 1.807) is 36.4 Å². The van der Waals surface area contributed by atoms with Crippen LogP contribution in [-0.4, -0.2) is 51.7 Å². The van der Waals surface area contributed by atoms with E-state index in [-0.39, 0.29) is 11.5 Å². The van der Waals surface area contributed by atoms with E-state index in [1.165, 1.54) is 0 Å². The lowest BCUT2D eigenvalue weighted by molar-refractivity contribution is -0.143. The second-order valence-electron chi connectivity index (χ2n) is 10.2. The Morgan fingerprint density at radius 3 is 2.50 bits per heavy atom. The molecule has 9 nitrogen and oxygen atoms in total. The molecule has 198 valence electrons. The Balaban J connectivity index is 1.32. The number of aromatic nitrogens is 3. The summed E-state index contributed by atoms with van der Waals surface area (Å²) in [6.45, 7) is 8.00. The Hall–Kier alpha value is -3.85. The molecule has 9 heteroatoms. The van der Waals surface area contributed by atoms with Crippen molar-refractivity contribution in [3.63, 3.8) is 0 Å². The summed E-state index contributed by atoms with van der Waals surface area (Å²) < 4.78 is 12.4. The van der Waals surface area contributed by atoms with Crippen LogP contribution in [-0.2, 0) is 9.53 Å². The first kappa shape index (κ1) is 25.8. The molecule has 38 heavy (non-hydrogen) atoms. The Labute approximate surface area is 220 Å². The van der Waals surface area contributed by atoms with E-state index in [1.807, 2.05) is 13.0 Å². The number of aryl methyl sites for hydroxylation is 1. The minimum Gasteiger partial charge on any atom is -0.493 e. The van der Waals surface area contributed by atoms with Crippen molar-refractivity contribution in [1.82, 2.24) is 15.0 Å². The highest BCUT2D eigenvalue weighted by Gasteiger charge is 2.46. The number of carbonyl (C=O) groups excluding carboxylic acids is 1. The Kier molecular flexibility index (Phi) is 7.37. The summed E-state index contributed by atoms with van der Waals surface area (Å²) in [5.74, 6) is -2.61. The maximum absolute atomic E-state index is 13.4. The summed E-state index contributed by atoms with van der Waals surface area (Å²) >= 11 is 0. The zero-order valence-corrected chi connectivity index (χ0v) is 21.3. The summed E-state index contributed by atoms with van der Waals surface area (Å²) in [7, 11) is 0. The van der Waals surface area contributed by atoms with Gasteiger partial charge in [0, 0.05) is 36.3 Å². The van der Waals surface area contributed by atoms with Crippen LogP contribution in [0.15, 0.2) is 53.8 Å². The molecule has 2 heterocycles. The number of ketones is 1. The normalized spacial score (nSPS) is 21.9. The van der Waals surface area contributed by atoms with Crippen molar-refractivity contribution in [2.45, 2.75) is 32.6 Å². The molecule has 0 spiro atoms. The molecule has 0 radical (unpaired) electrons. The van der Waals surface area contributed by atoms with Crippen LogP contribution in [0, 0.1) is 30.6 Å². The number of hydrogen-bond acceptors (Lipinski definition) is 7. The highest BCUT2D eigenvalue weighted by molar-refractivity contribution is 6.00. The molecule has 5 rings (SSSR count). The topological polar surface area (TPSA) is 121 Å². The maximum atomic E-state index is 13.4. The average Bonchev–Trinajstić information content (AvgIpc) is 3.38. The van der Waals surface area contributed by atoms with Gasteiger partial charge in [0.2, 0.25) is 0 Å². The molecule has 0 amide bonds. The third kappa shape index (κ3) is 5.11. The number of benzene rings is 2. The van der Waals surface area contributed by atoms with E-state index in [0.717, 1.165) is 36.3 Å². The zero-order chi connectivity index (χ0) is 26.8. The molecule has 1 saturated heterocycles. The van der Waals surface area contributed by atoms with Gasteiger partial charge >= 0.3 is 5.97 Å². The summed E-state index contributed by atoms with van der Waals surface area (Å²) in [6.07, 6.45) is 2.71. The van der Waals surface area contributed by atoms with E-state index >= 15 is 0 Å². The van der Waals surface area contributed by atoms with Crippen molar-refractivity contribution >= 4 is 28.4 Å². The summed E-state index contributed by atoms with van der Waals surface area (Å²) in [5.41, 5.74) is 1.63. The molecule has 3 aromatic rings. The number of carboxylic acids is 1. The monoisotopic (exact) mass is 517 g/mol. The van der Waals surface area contributed by atoms with Crippen molar-refractivity contribution < 1.29 is 24.2 Å². The zero-order valence-electron chi connectivity index (χ0n) is 21.3. The molecular weight excluding hydrogens is 486 g/mol. The van der Waals surface area contributed by atoms with Crippen LogP contribution in [0.4, 0.5) is 0 Å². The number of nitrogens with zero attached hydrogens (tertiary/aromatic N) is 3. The quantitative estimate of drug-likeness (QED) is 0.446. The second kappa shape index (κ2) is 10.9. The fraction of sp³-hybridized carbons (Fsp3) is 0.414. The van der Waals surface area contributed by atoms with E-state index in [4.69, 9.17) is 9.47 Å². The minimum absolute atomic E-state index is 0.240. The number of Topliss-reactive ketones (excluding diaryl/α,β-unsaturated/α-hetero) is 1. The molecule has 2 aliphatic rings. The molecule has 0 bridgehead atoms. The van der Waals surface area contributed by atoms with Gasteiger partial charge in [-0.25, -0.2) is 0 Å². The fourth-order valence-electron chi connectivity index (χ4n) is 5.57. The molecule has 1 saturated carbocycles. The molecule has 1 aliphatic heterocycles. The van der Waals surface area contributed by atoms with Gasteiger partial charge in [0.15, 0.2) is 5.78 Å². The molecule has 1 N–H and O–H groups in total. The molecule has 1 aliphatic carbocycles.